The molecule has 20 heavy (non-hydrogen) atoms. The maximum Gasteiger partial charge on any atom is 0.0954 e. The Bertz CT molecular complexity index is 404. The van der Waals surface area contributed by atoms with E-state index in [1.165, 1.54) is 0 Å². The molecular weight excluding hydrogens is 274 g/mol. The summed E-state index contributed by atoms with van der Waals surface area (Å²) in [5, 5.41) is 4.21. The van der Waals surface area contributed by atoms with Crippen molar-refractivity contribution in [3.8, 4) is 0 Å². The lowest BCUT2D eigenvalue weighted by Crippen LogP contribution is -2.39. The minimum absolute atomic E-state index is 0.0331. The molecule has 0 fully saturated rings. The molecule has 0 aliphatic carbocycles. The number of hydrogen-bond acceptors (Lipinski definition) is 3. The summed E-state index contributed by atoms with van der Waals surface area (Å²) in [5.74, 6) is 0. The molecular formula is C16H26ClNO2. The van der Waals surface area contributed by atoms with Crippen LogP contribution in [0.5, 0.6) is 0 Å². The van der Waals surface area contributed by atoms with Gasteiger partial charge in [0.15, 0.2) is 0 Å². The third-order valence-electron chi connectivity index (χ3n) is 2.84. The Labute approximate surface area is 127 Å². The first-order valence-corrected chi connectivity index (χ1v) is 7.34. The van der Waals surface area contributed by atoms with Gasteiger partial charge in [-0.05, 0) is 45.4 Å². The van der Waals surface area contributed by atoms with Crippen LogP contribution in [0.3, 0.4) is 0 Å². The lowest BCUT2D eigenvalue weighted by atomic mass is 10.1. The summed E-state index contributed by atoms with van der Waals surface area (Å²) in [6, 6.07) is 7.82. The molecule has 0 saturated heterocycles. The van der Waals surface area contributed by atoms with Gasteiger partial charge in [0.25, 0.3) is 0 Å². The molecule has 1 aromatic rings. The highest BCUT2D eigenvalue weighted by Crippen LogP contribution is 2.22. The van der Waals surface area contributed by atoms with Gasteiger partial charge in [0.05, 0.1) is 18.8 Å². The van der Waals surface area contributed by atoms with Gasteiger partial charge in [-0.15, -0.1) is 0 Å². The Kier molecular flexibility index (Phi) is 6.96. The van der Waals surface area contributed by atoms with Gasteiger partial charge in [0.1, 0.15) is 0 Å². The third kappa shape index (κ3) is 6.71. The average Bonchev–Trinajstić information content (AvgIpc) is 2.33. The van der Waals surface area contributed by atoms with Crippen molar-refractivity contribution < 1.29 is 9.47 Å². The maximum absolute atomic E-state index is 6.08. The molecule has 1 N–H and O–H groups in total. The molecule has 0 aromatic heterocycles. The Morgan fingerprint density at radius 1 is 1.30 bits per heavy atom. The smallest absolute Gasteiger partial charge is 0.0954 e. The monoisotopic (exact) mass is 299 g/mol. The fourth-order valence-electron chi connectivity index (χ4n) is 1.90. The van der Waals surface area contributed by atoms with Crippen molar-refractivity contribution in [1.82, 2.24) is 5.32 Å². The Morgan fingerprint density at radius 2 is 2.00 bits per heavy atom. The van der Waals surface area contributed by atoms with E-state index in [1.54, 1.807) is 7.11 Å². The van der Waals surface area contributed by atoms with Gasteiger partial charge < -0.3 is 14.8 Å². The minimum Gasteiger partial charge on any atom is -0.382 e. The minimum atomic E-state index is -0.0434. The van der Waals surface area contributed by atoms with E-state index < -0.39 is 0 Å². The van der Waals surface area contributed by atoms with Crippen LogP contribution in [0.15, 0.2) is 24.3 Å². The normalized spacial score (nSPS) is 15.1. The molecule has 0 heterocycles. The molecule has 0 bridgehead atoms. The van der Waals surface area contributed by atoms with Crippen LogP contribution in [-0.2, 0) is 9.47 Å². The molecule has 0 aliphatic heterocycles. The highest BCUT2D eigenvalue weighted by atomic mass is 35.5. The number of nitrogens with one attached hydrogen (secondary N) is 1. The number of methoxy groups -OCH3 is 1. The number of benzene rings is 1. The molecule has 0 amide bonds. The average molecular weight is 300 g/mol. The van der Waals surface area contributed by atoms with Crippen molar-refractivity contribution in [3.63, 3.8) is 0 Å². The topological polar surface area (TPSA) is 30.5 Å². The standard InChI is InChI=1S/C16H26ClNO2/c1-12(11-19-5)20-15(10-18-16(2,3)4)13-7-6-8-14(17)9-13/h6-9,12,15,18H,10-11H2,1-5H3. The van der Waals surface area contributed by atoms with E-state index in [9.17, 15) is 0 Å². The van der Waals surface area contributed by atoms with Crippen molar-refractivity contribution in [2.75, 3.05) is 20.3 Å². The molecule has 114 valence electrons. The summed E-state index contributed by atoms with van der Waals surface area (Å²) in [6.45, 7) is 9.74. The van der Waals surface area contributed by atoms with Gasteiger partial charge in [0.2, 0.25) is 0 Å². The van der Waals surface area contributed by atoms with Crippen molar-refractivity contribution in [3.05, 3.63) is 34.9 Å². The molecule has 0 radical (unpaired) electrons. The molecule has 1 rings (SSSR count). The van der Waals surface area contributed by atoms with Crippen LogP contribution in [0.2, 0.25) is 5.02 Å². The zero-order chi connectivity index (χ0) is 15.2. The Balaban J connectivity index is 2.78. The van der Waals surface area contributed by atoms with Gasteiger partial charge in [-0.1, -0.05) is 23.7 Å². The SMILES string of the molecule is COCC(C)OC(CNC(C)(C)C)c1cccc(Cl)c1. The van der Waals surface area contributed by atoms with Crippen LogP contribution in [0.4, 0.5) is 0 Å². The lowest BCUT2D eigenvalue weighted by molar-refractivity contribution is -0.0411. The second-order valence-corrected chi connectivity index (χ2v) is 6.51. The number of hydrogen-bond donors (Lipinski definition) is 1. The van der Waals surface area contributed by atoms with Gasteiger partial charge >= 0.3 is 0 Å². The van der Waals surface area contributed by atoms with Crippen molar-refractivity contribution in [2.45, 2.75) is 45.4 Å². The third-order valence-corrected chi connectivity index (χ3v) is 3.07. The number of rotatable bonds is 7. The van der Waals surface area contributed by atoms with Crippen LogP contribution >= 0.6 is 11.6 Å². The van der Waals surface area contributed by atoms with Crippen LogP contribution < -0.4 is 5.32 Å². The lowest BCUT2D eigenvalue weighted by Gasteiger charge is -2.28. The van der Waals surface area contributed by atoms with Crippen molar-refractivity contribution >= 4 is 11.6 Å². The molecule has 0 spiro atoms. The summed E-state index contributed by atoms with van der Waals surface area (Å²) in [4.78, 5) is 0. The number of halogens is 1. The molecule has 0 aliphatic rings. The predicted molar refractivity (Wildman–Crippen MR) is 84.4 cm³/mol. The predicted octanol–water partition coefficient (Wildman–Crippen LogP) is 3.82. The van der Waals surface area contributed by atoms with E-state index in [0.29, 0.717) is 6.61 Å². The van der Waals surface area contributed by atoms with E-state index >= 15 is 0 Å². The first-order valence-electron chi connectivity index (χ1n) is 6.96. The quantitative estimate of drug-likeness (QED) is 0.830. The van der Waals surface area contributed by atoms with Gasteiger partial charge in [-0.25, -0.2) is 0 Å². The Hall–Kier alpha value is -0.610. The van der Waals surface area contributed by atoms with Gasteiger partial charge in [-0.2, -0.15) is 0 Å². The number of ether oxygens (including phenoxy) is 2. The van der Waals surface area contributed by atoms with E-state index in [0.717, 1.165) is 17.1 Å². The van der Waals surface area contributed by atoms with Crippen molar-refractivity contribution in [2.24, 2.45) is 0 Å². The van der Waals surface area contributed by atoms with Crippen molar-refractivity contribution in [1.29, 1.82) is 0 Å². The van der Waals surface area contributed by atoms with E-state index in [4.69, 9.17) is 21.1 Å². The maximum atomic E-state index is 6.08. The zero-order valence-corrected chi connectivity index (χ0v) is 13.8. The largest absolute Gasteiger partial charge is 0.382 e. The fourth-order valence-corrected chi connectivity index (χ4v) is 2.10. The highest BCUT2D eigenvalue weighted by molar-refractivity contribution is 6.30. The summed E-state index contributed by atoms with van der Waals surface area (Å²) in [5.41, 5.74) is 1.13. The van der Waals surface area contributed by atoms with Crippen LogP contribution in [0.25, 0.3) is 0 Å². The van der Waals surface area contributed by atoms with E-state index in [2.05, 4.69) is 26.1 Å². The second-order valence-electron chi connectivity index (χ2n) is 6.08. The summed E-state index contributed by atoms with van der Waals surface area (Å²) < 4.78 is 11.2. The summed E-state index contributed by atoms with van der Waals surface area (Å²) in [7, 11) is 1.68. The van der Waals surface area contributed by atoms with Crippen LogP contribution in [-0.4, -0.2) is 31.9 Å². The highest BCUT2D eigenvalue weighted by Gasteiger charge is 2.19. The van der Waals surface area contributed by atoms with E-state index in [-0.39, 0.29) is 17.7 Å². The molecule has 0 saturated carbocycles. The molecule has 2 atom stereocenters. The van der Waals surface area contributed by atoms with Gasteiger partial charge in [0, 0.05) is 24.2 Å². The fraction of sp³-hybridized carbons (Fsp3) is 0.625. The molecule has 2 unspecified atom stereocenters. The summed E-state index contributed by atoms with van der Waals surface area (Å²) in [6.07, 6.45) is -0.0103. The molecule has 4 heteroatoms. The molecule has 1 aromatic carbocycles. The van der Waals surface area contributed by atoms with Gasteiger partial charge in [-0.3, -0.25) is 0 Å². The first kappa shape index (κ1) is 17.4. The zero-order valence-electron chi connectivity index (χ0n) is 13.1. The van der Waals surface area contributed by atoms with Crippen LogP contribution in [0, 0.1) is 0 Å². The van der Waals surface area contributed by atoms with Crippen LogP contribution in [0.1, 0.15) is 39.4 Å². The van der Waals surface area contributed by atoms with E-state index in [1.807, 2.05) is 31.2 Å². The Morgan fingerprint density at radius 3 is 2.55 bits per heavy atom. The molecule has 3 nitrogen and oxygen atoms in total. The second kappa shape index (κ2) is 7.99. The first-order chi connectivity index (χ1) is 9.31. The summed E-state index contributed by atoms with van der Waals surface area (Å²) >= 11 is 6.08.